The highest BCUT2D eigenvalue weighted by Gasteiger charge is 2.08. The van der Waals surface area contributed by atoms with Crippen molar-refractivity contribution in [3.8, 4) is 5.75 Å². The molecule has 94 valence electrons. The summed E-state index contributed by atoms with van der Waals surface area (Å²) in [5.74, 6) is 0.415. The number of amides is 1. The van der Waals surface area contributed by atoms with Crippen LogP contribution in [0.25, 0.3) is 0 Å². The molecule has 0 aliphatic heterocycles. The van der Waals surface area contributed by atoms with Gasteiger partial charge in [-0.05, 0) is 25.5 Å². The maximum atomic E-state index is 11.5. The molecule has 0 fully saturated rings. The van der Waals surface area contributed by atoms with Gasteiger partial charge in [-0.15, -0.1) is 0 Å². The van der Waals surface area contributed by atoms with E-state index in [1.54, 1.807) is 12.1 Å². The summed E-state index contributed by atoms with van der Waals surface area (Å²) in [4.78, 5) is 11.5. The molecule has 4 heteroatoms. The summed E-state index contributed by atoms with van der Waals surface area (Å²) in [5, 5.41) is 3.38. The van der Waals surface area contributed by atoms with E-state index < -0.39 is 0 Å². The van der Waals surface area contributed by atoms with Gasteiger partial charge in [0.15, 0.2) is 6.61 Å². The molecule has 1 aromatic rings. The van der Waals surface area contributed by atoms with Gasteiger partial charge in [-0.2, -0.15) is 0 Å². The van der Waals surface area contributed by atoms with E-state index in [1.165, 1.54) is 0 Å². The van der Waals surface area contributed by atoms with Gasteiger partial charge in [0.25, 0.3) is 5.91 Å². The molecule has 0 aliphatic carbocycles. The molecule has 17 heavy (non-hydrogen) atoms. The summed E-state index contributed by atoms with van der Waals surface area (Å²) >= 11 is 5.91. The van der Waals surface area contributed by atoms with Crippen molar-refractivity contribution in [1.82, 2.24) is 5.32 Å². The van der Waals surface area contributed by atoms with Gasteiger partial charge in [0, 0.05) is 6.04 Å². The standard InChI is InChI=1S/C13H18ClNO2/c1-3-6-10(2)15-13(16)9-17-12-8-5-4-7-11(12)14/h4-5,7-8,10H,3,6,9H2,1-2H3,(H,15,16). The lowest BCUT2D eigenvalue weighted by Gasteiger charge is -2.13. The van der Waals surface area contributed by atoms with Gasteiger partial charge in [0.2, 0.25) is 0 Å². The number of hydrogen-bond donors (Lipinski definition) is 1. The number of carbonyl (C=O) groups is 1. The predicted molar refractivity (Wildman–Crippen MR) is 69.5 cm³/mol. The monoisotopic (exact) mass is 255 g/mol. The molecule has 0 spiro atoms. The molecule has 3 nitrogen and oxygen atoms in total. The Kier molecular flexibility index (Phi) is 5.84. The van der Waals surface area contributed by atoms with Gasteiger partial charge >= 0.3 is 0 Å². The highest BCUT2D eigenvalue weighted by atomic mass is 35.5. The molecule has 0 saturated heterocycles. The molecule has 0 aliphatic rings. The number of ether oxygens (including phenoxy) is 1. The third kappa shape index (κ3) is 5.09. The van der Waals surface area contributed by atoms with Crippen LogP contribution in [-0.4, -0.2) is 18.6 Å². The molecule has 1 amide bonds. The molecule has 0 bridgehead atoms. The van der Waals surface area contributed by atoms with Gasteiger partial charge in [0.05, 0.1) is 5.02 Å². The molecule has 0 aromatic heterocycles. The molecule has 1 aromatic carbocycles. The van der Waals surface area contributed by atoms with Gasteiger partial charge in [-0.1, -0.05) is 37.1 Å². The van der Waals surface area contributed by atoms with Crippen LogP contribution in [0.2, 0.25) is 5.02 Å². The summed E-state index contributed by atoms with van der Waals surface area (Å²) in [5.41, 5.74) is 0. The molecule has 1 N–H and O–H groups in total. The Morgan fingerprint density at radius 2 is 2.18 bits per heavy atom. The number of nitrogens with one attached hydrogen (secondary N) is 1. The Morgan fingerprint density at radius 3 is 2.82 bits per heavy atom. The first-order chi connectivity index (χ1) is 8.13. The third-order valence-electron chi connectivity index (χ3n) is 2.32. The Labute approximate surface area is 107 Å². The van der Waals surface area contributed by atoms with E-state index >= 15 is 0 Å². The second kappa shape index (κ2) is 7.17. The Balaban J connectivity index is 2.36. The number of hydrogen-bond acceptors (Lipinski definition) is 2. The fraction of sp³-hybridized carbons (Fsp3) is 0.462. The minimum Gasteiger partial charge on any atom is -0.482 e. The van der Waals surface area contributed by atoms with Crippen LogP contribution in [0, 0.1) is 0 Å². The zero-order chi connectivity index (χ0) is 12.7. The fourth-order valence-electron chi connectivity index (χ4n) is 1.53. The highest BCUT2D eigenvalue weighted by molar-refractivity contribution is 6.32. The van der Waals surface area contributed by atoms with Crippen LogP contribution in [0.15, 0.2) is 24.3 Å². The first-order valence-corrected chi connectivity index (χ1v) is 6.18. The maximum absolute atomic E-state index is 11.5. The maximum Gasteiger partial charge on any atom is 0.258 e. The van der Waals surface area contributed by atoms with Crippen LogP contribution in [0.4, 0.5) is 0 Å². The van der Waals surface area contributed by atoms with Crippen LogP contribution in [0.1, 0.15) is 26.7 Å². The SMILES string of the molecule is CCCC(C)NC(=O)COc1ccccc1Cl. The van der Waals surface area contributed by atoms with Crippen LogP contribution in [0.5, 0.6) is 5.75 Å². The van der Waals surface area contributed by atoms with Crippen LogP contribution in [0.3, 0.4) is 0 Å². The van der Waals surface area contributed by atoms with Crippen molar-refractivity contribution in [2.75, 3.05) is 6.61 Å². The molecule has 0 radical (unpaired) electrons. The number of benzene rings is 1. The van der Waals surface area contributed by atoms with Crippen molar-refractivity contribution in [3.63, 3.8) is 0 Å². The van der Waals surface area contributed by atoms with Gasteiger partial charge in [-0.3, -0.25) is 4.79 Å². The molecule has 1 atom stereocenters. The van der Waals surface area contributed by atoms with Crippen molar-refractivity contribution >= 4 is 17.5 Å². The van der Waals surface area contributed by atoms with E-state index in [4.69, 9.17) is 16.3 Å². The van der Waals surface area contributed by atoms with Gasteiger partial charge < -0.3 is 10.1 Å². The van der Waals surface area contributed by atoms with Crippen molar-refractivity contribution in [1.29, 1.82) is 0 Å². The van der Waals surface area contributed by atoms with E-state index in [1.807, 2.05) is 19.1 Å². The Hall–Kier alpha value is -1.22. The average molecular weight is 256 g/mol. The molecule has 0 heterocycles. The summed E-state index contributed by atoms with van der Waals surface area (Å²) in [6.45, 7) is 4.07. The molecular weight excluding hydrogens is 238 g/mol. The molecular formula is C13H18ClNO2. The van der Waals surface area contributed by atoms with Crippen molar-refractivity contribution in [2.45, 2.75) is 32.7 Å². The van der Waals surface area contributed by atoms with E-state index in [2.05, 4.69) is 12.2 Å². The number of para-hydroxylation sites is 1. The van der Waals surface area contributed by atoms with E-state index in [-0.39, 0.29) is 18.6 Å². The minimum atomic E-state index is -0.120. The minimum absolute atomic E-state index is 0.00219. The molecule has 1 unspecified atom stereocenters. The quantitative estimate of drug-likeness (QED) is 0.849. The van der Waals surface area contributed by atoms with Crippen molar-refractivity contribution in [2.24, 2.45) is 0 Å². The zero-order valence-electron chi connectivity index (χ0n) is 10.2. The molecule has 0 saturated carbocycles. The number of halogens is 1. The lowest BCUT2D eigenvalue weighted by Crippen LogP contribution is -2.35. The van der Waals surface area contributed by atoms with Crippen LogP contribution >= 0.6 is 11.6 Å². The zero-order valence-corrected chi connectivity index (χ0v) is 11.0. The second-order valence-corrected chi connectivity index (χ2v) is 4.38. The Bertz CT molecular complexity index is 368. The second-order valence-electron chi connectivity index (χ2n) is 3.98. The fourth-order valence-corrected chi connectivity index (χ4v) is 1.72. The van der Waals surface area contributed by atoms with Crippen LogP contribution < -0.4 is 10.1 Å². The van der Waals surface area contributed by atoms with E-state index in [0.717, 1.165) is 12.8 Å². The lowest BCUT2D eigenvalue weighted by molar-refractivity contribution is -0.123. The first kappa shape index (κ1) is 13.8. The summed E-state index contributed by atoms with van der Waals surface area (Å²) < 4.78 is 5.33. The largest absolute Gasteiger partial charge is 0.482 e. The average Bonchev–Trinajstić information content (AvgIpc) is 2.28. The highest BCUT2D eigenvalue weighted by Crippen LogP contribution is 2.22. The normalized spacial score (nSPS) is 11.9. The lowest BCUT2D eigenvalue weighted by atomic mass is 10.2. The number of rotatable bonds is 6. The van der Waals surface area contributed by atoms with E-state index in [9.17, 15) is 4.79 Å². The van der Waals surface area contributed by atoms with Crippen molar-refractivity contribution < 1.29 is 9.53 Å². The summed E-state index contributed by atoms with van der Waals surface area (Å²) in [6, 6.07) is 7.29. The number of carbonyl (C=O) groups excluding carboxylic acids is 1. The van der Waals surface area contributed by atoms with Crippen molar-refractivity contribution in [3.05, 3.63) is 29.3 Å². The van der Waals surface area contributed by atoms with Gasteiger partial charge in [-0.25, -0.2) is 0 Å². The van der Waals surface area contributed by atoms with Gasteiger partial charge in [0.1, 0.15) is 5.75 Å². The first-order valence-electron chi connectivity index (χ1n) is 5.80. The summed E-state index contributed by atoms with van der Waals surface area (Å²) in [6.07, 6.45) is 2.02. The van der Waals surface area contributed by atoms with Crippen LogP contribution in [-0.2, 0) is 4.79 Å². The Morgan fingerprint density at radius 1 is 1.47 bits per heavy atom. The molecule has 1 rings (SSSR count). The third-order valence-corrected chi connectivity index (χ3v) is 2.64. The predicted octanol–water partition coefficient (Wildman–Crippen LogP) is 3.02. The van der Waals surface area contributed by atoms with E-state index in [0.29, 0.717) is 10.8 Å². The smallest absolute Gasteiger partial charge is 0.258 e. The summed E-state index contributed by atoms with van der Waals surface area (Å²) in [7, 11) is 0. The topological polar surface area (TPSA) is 38.3 Å².